The van der Waals surface area contributed by atoms with Crippen LogP contribution in [0.2, 0.25) is 0 Å². The summed E-state index contributed by atoms with van der Waals surface area (Å²) in [6.07, 6.45) is 0. The quantitative estimate of drug-likeness (QED) is 0.648. The van der Waals surface area contributed by atoms with Crippen LogP contribution in [0, 0.1) is 13.8 Å². The molecule has 2 rings (SSSR count). The molecule has 5 heteroatoms. The number of hydrogen-bond donors (Lipinski definition) is 2. The third-order valence-electron chi connectivity index (χ3n) is 3.30. The molecular formula is C18H20N2O2S. The minimum Gasteiger partial charge on any atom is -0.462 e. The Kier molecular flexibility index (Phi) is 5.71. The molecule has 0 fully saturated rings. The highest BCUT2D eigenvalue weighted by atomic mass is 32.1. The van der Waals surface area contributed by atoms with E-state index in [1.165, 1.54) is 5.56 Å². The Balaban J connectivity index is 2.00. The van der Waals surface area contributed by atoms with E-state index in [1.807, 2.05) is 19.9 Å². The van der Waals surface area contributed by atoms with Gasteiger partial charge in [-0.05, 0) is 74.4 Å². The number of carbonyl (C=O) groups excluding carboxylic acids is 1. The van der Waals surface area contributed by atoms with E-state index in [-0.39, 0.29) is 5.97 Å². The van der Waals surface area contributed by atoms with Crippen molar-refractivity contribution in [2.24, 2.45) is 0 Å². The van der Waals surface area contributed by atoms with Crippen LogP contribution in [0.3, 0.4) is 0 Å². The highest BCUT2D eigenvalue weighted by Gasteiger charge is 2.06. The fourth-order valence-corrected chi connectivity index (χ4v) is 2.29. The van der Waals surface area contributed by atoms with Crippen molar-refractivity contribution >= 4 is 34.7 Å². The number of aryl methyl sites for hydroxylation is 2. The summed E-state index contributed by atoms with van der Waals surface area (Å²) in [5.41, 5.74) is 4.59. The van der Waals surface area contributed by atoms with Crippen LogP contribution in [0.25, 0.3) is 0 Å². The Morgan fingerprint density at radius 3 is 2.43 bits per heavy atom. The largest absolute Gasteiger partial charge is 0.462 e. The first kappa shape index (κ1) is 17.0. The van der Waals surface area contributed by atoms with Crippen molar-refractivity contribution in [3.63, 3.8) is 0 Å². The van der Waals surface area contributed by atoms with Crippen molar-refractivity contribution in [2.75, 3.05) is 17.2 Å². The Hall–Kier alpha value is -2.40. The van der Waals surface area contributed by atoms with Crippen molar-refractivity contribution in [3.05, 3.63) is 59.2 Å². The lowest BCUT2D eigenvalue weighted by Crippen LogP contribution is -2.19. The highest BCUT2D eigenvalue weighted by Crippen LogP contribution is 2.17. The van der Waals surface area contributed by atoms with Crippen molar-refractivity contribution in [1.29, 1.82) is 0 Å². The van der Waals surface area contributed by atoms with Crippen LogP contribution in [0.15, 0.2) is 42.5 Å². The predicted octanol–water partition coefficient (Wildman–Crippen LogP) is 4.29. The van der Waals surface area contributed by atoms with Gasteiger partial charge < -0.3 is 15.4 Å². The lowest BCUT2D eigenvalue weighted by atomic mass is 10.1. The monoisotopic (exact) mass is 328 g/mol. The predicted molar refractivity (Wildman–Crippen MR) is 98.2 cm³/mol. The molecule has 0 aliphatic heterocycles. The van der Waals surface area contributed by atoms with Crippen LogP contribution in [0.4, 0.5) is 11.4 Å². The first-order valence-corrected chi connectivity index (χ1v) is 7.83. The molecule has 120 valence electrons. The second-order valence-corrected chi connectivity index (χ2v) is 5.60. The van der Waals surface area contributed by atoms with E-state index in [2.05, 4.69) is 22.8 Å². The Bertz CT molecular complexity index is 711. The number of rotatable bonds is 4. The summed E-state index contributed by atoms with van der Waals surface area (Å²) >= 11 is 5.33. The number of anilines is 2. The third-order valence-corrected chi connectivity index (χ3v) is 3.50. The highest BCUT2D eigenvalue weighted by molar-refractivity contribution is 7.80. The summed E-state index contributed by atoms with van der Waals surface area (Å²) in [6, 6.07) is 13.2. The van der Waals surface area contributed by atoms with Crippen molar-refractivity contribution in [3.8, 4) is 0 Å². The standard InChI is InChI=1S/C18H20N2O2S/c1-4-22-17(21)14-7-9-15(10-8-14)19-18(23)20-16-11-12(2)5-6-13(16)3/h5-11H,4H2,1-3H3,(H2,19,20,23). The minimum atomic E-state index is -0.324. The van der Waals surface area contributed by atoms with Gasteiger partial charge in [-0.3, -0.25) is 0 Å². The van der Waals surface area contributed by atoms with Gasteiger partial charge >= 0.3 is 5.97 Å². The number of thiocarbonyl (C=S) groups is 1. The molecule has 2 aromatic carbocycles. The molecule has 0 radical (unpaired) electrons. The molecule has 4 nitrogen and oxygen atoms in total. The van der Waals surface area contributed by atoms with Crippen LogP contribution < -0.4 is 10.6 Å². The van der Waals surface area contributed by atoms with Gasteiger partial charge in [0.25, 0.3) is 0 Å². The second-order valence-electron chi connectivity index (χ2n) is 5.20. The normalized spacial score (nSPS) is 10.0. The fraction of sp³-hybridized carbons (Fsp3) is 0.222. The number of carbonyl (C=O) groups is 1. The average molecular weight is 328 g/mol. The molecule has 0 saturated heterocycles. The van der Waals surface area contributed by atoms with Gasteiger partial charge in [0.2, 0.25) is 0 Å². The molecule has 0 bridgehead atoms. The number of esters is 1. The minimum absolute atomic E-state index is 0.324. The van der Waals surface area contributed by atoms with Crippen molar-refractivity contribution in [2.45, 2.75) is 20.8 Å². The van der Waals surface area contributed by atoms with Gasteiger partial charge in [-0.1, -0.05) is 12.1 Å². The summed E-state index contributed by atoms with van der Waals surface area (Å²) in [4.78, 5) is 11.6. The van der Waals surface area contributed by atoms with E-state index < -0.39 is 0 Å². The molecule has 0 saturated carbocycles. The summed E-state index contributed by atoms with van der Waals surface area (Å²) in [7, 11) is 0. The number of nitrogens with one attached hydrogen (secondary N) is 2. The lowest BCUT2D eigenvalue weighted by molar-refractivity contribution is 0.0526. The molecule has 0 atom stereocenters. The van der Waals surface area contributed by atoms with Gasteiger partial charge in [0.1, 0.15) is 0 Å². The summed E-state index contributed by atoms with van der Waals surface area (Å²) in [5, 5.41) is 6.79. The number of benzene rings is 2. The molecule has 2 aromatic rings. The molecule has 2 N–H and O–H groups in total. The maximum Gasteiger partial charge on any atom is 0.338 e. The van der Waals surface area contributed by atoms with E-state index in [4.69, 9.17) is 17.0 Å². The summed E-state index contributed by atoms with van der Waals surface area (Å²) < 4.78 is 4.95. The molecule has 0 unspecified atom stereocenters. The maximum absolute atomic E-state index is 11.6. The molecule has 0 amide bonds. The Morgan fingerprint density at radius 2 is 1.78 bits per heavy atom. The Morgan fingerprint density at radius 1 is 1.09 bits per heavy atom. The van der Waals surface area contributed by atoms with Crippen LogP contribution in [0.5, 0.6) is 0 Å². The molecule has 0 aromatic heterocycles. The lowest BCUT2D eigenvalue weighted by Gasteiger charge is -2.13. The van der Waals surface area contributed by atoms with Crippen LogP contribution in [0.1, 0.15) is 28.4 Å². The van der Waals surface area contributed by atoms with E-state index in [1.54, 1.807) is 31.2 Å². The van der Waals surface area contributed by atoms with E-state index in [0.717, 1.165) is 16.9 Å². The van der Waals surface area contributed by atoms with E-state index in [0.29, 0.717) is 17.3 Å². The molecule has 0 heterocycles. The zero-order valence-electron chi connectivity index (χ0n) is 13.5. The van der Waals surface area contributed by atoms with Crippen LogP contribution in [-0.2, 0) is 4.74 Å². The number of ether oxygens (including phenoxy) is 1. The van der Waals surface area contributed by atoms with Gasteiger partial charge in [0.15, 0.2) is 5.11 Å². The summed E-state index contributed by atoms with van der Waals surface area (Å²) in [5.74, 6) is -0.324. The average Bonchev–Trinajstić information content (AvgIpc) is 2.52. The van der Waals surface area contributed by atoms with Crippen molar-refractivity contribution in [1.82, 2.24) is 0 Å². The SMILES string of the molecule is CCOC(=O)c1ccc(NC(=S)Nc2cc(C)ccc2C)cc1. The second kappa shape index (κ2) is 7.74. The zero-order valence-corrected chi connectivity index (χ0v) is 14.3. The Labute approximate surface area is 141 Å². The van der Waals surface area contributed by atoms with E-state index in [9.17, 15) is 4.79 Å². The topological polar surface area (TPSA) is 50.4 Å². The first-order valence-electron chi connectivity index (χ1n) is 7.42. The summed E-state index contributed by atoms with van der Waals surface area (Å²) in [6.45, 7) is 6.21. The van der Waals surface area contributed by atoms with Crippen LogP contribution in [-0.4, -0.2) is 17.7 Å². The molecule has 0 aliphatic carbocycles. The van der Waals surface area contributed by atoms with E-state index >= 15 is 0 Å². The van der Waals surface area contributed by atoms with Crippen molar-refractivity contribution < 1.29 is 9.53 Å². The molecule has 23 heavy (non-hydrogen) atoms. The van der Waals surface area contributed by atoms with Gasteiger partial charge in [0.05, 0.1) is 12.2 Å². The maximum atomic E-state index is 11.6. The van der Waals surface area contributed by atoms with Gasteiger partial charge in [0, 0.05) is 11.4 Å². The van der Waals surface area contributed by atoms with Gasteiger partial charge in [-0.25, -0.2) is 4.79 Å². The smallest absolute Gasteiger partial charge is 0.338 e. The molecule has 0 spiro atoms. The third kappa shape index (κ3) is 4.79. The molecule has 0 aliphatic rings. The van der Waals surface area contributed by atoms with Crippen LogP contribution >= 0.6 is 12.2 Å². The zero-order chi connectivity index (χ0) is 16.8. The number of hydrogen-bond acceptors (Lipinski definition) is 3. The first-order chi connectivity index (χ1) is 11.0. The fourth-order valence-electron chi connectivity index (χ4n) is 2.06. The van der Waals surface area contributed by atoms with Gasteiger partial charge in [-0.15, -0.1) is 0 Å². The van der Waals surface area contributed by atoms with Gasteiger partial charge in [-0.2, -0.15) is 0 Å². The molecular weight excluding hydrogens is 308 g/mol.